The zero-order valence-electron chi connectivity index (χ0n) is 15.2. The highest BCUT2D eigenvalue weighted by Crippen LogP contribution is 2.27. The third kappa shape index (κ3) is 4.14. The maximum absolute atomic E-state index is 13.1. The zero-order chi connectivity index (χ0) is 20.2. The van der Waals surface area contributed by atoms with Crippen molar-refractivity contribution in [1.82, 2.24) is 9.78 Å². The fourth-order valence-corrected chi connectivity index (χ4v) is 2.90. The van der Waals surface area contributed by atoms with Gasteiger partial charge < -0.3 is 9.73 Å². The van der Waals surface area contributed by atoms with Crippen LogP contribution in [0.4, 0.5) is 10.1 Å². The van der Waals surface area contributed by atoms with Gasteiger partial charge in [-0.1, -0.05) is 48.5 Å². The molecule has 3 aromatic carbocycles. The summed E-state index contributed by atoms with van der Waals surface area (Å²) in [7, 11) is 0. The Morgan fingerprint density at radius 1 is 0.931 bits per heavy atom. The van der Waals surface area contributed by atoms with Gasteiger partial charge in [0, 0.05) is 16.8 Å². The lowest BCUT2D eigenvalue weighted by Gasteiger charge is -2.11. The van der Waals surface area contributed by atoms with E-state index in [2.05, 4.69) is 10.4 Å². The van der Waals surface area contributed by atoms with Gasteiger partial charge in [-0.25, -0.2) is 9.18 Å². The minimum atomic E-state index is -0.768. The van der Waals surface area contributed by atoms with Gasteiger partial charge >= 0.3 is 5.76 Å². The molecule has 0 fully saturated rings. The summed E-state index contributed by atoms with van der Waals surface area (Å²) >= 11 is 0. The molecular weight excluding hydrogens is 373 g/mol. The Kier molecular flexibility index (Phi) is 5.03. The molecule has 0 aliphatic rings. The molecule has 1 aromatic heterocycles. The van der Waals surface area contributed by atoms with Crippen LogP contribution in [0.15, 0.2) is 88.1 Å². The van der Waals surface area contributed by atoms with Gasteiger partial charge in [-0.2, -0.15) is 4.68 Å². The minimum Gasteiger partial charge on any atom is -0.388 e. The molecule has 1 N–H and O–H groups in total. The van der Waals surface area contributed by atoms with Crippen LogP contribution in [0.5, 0.6) is 0 Å². The number of benzene rings is 3. The van der Waals surface area contributed by atoms with Crippen molar-refractivity contribution in [3.8, 4) is 22.6 Å². The number of hydrogen-bond acceptors (Lipinski definition) is 4. The number of anilines is 1. The molecule has 0 saturated heterocycles. The fourth-order valence-electron chi connectivity index (χ4n) is 2.90. The Morgan fingerprint density at radius 3 is 2.38 bits per heavy atom. The quantitative estimate of drug-likeness (QED) is 0.561. The second kappa shape index (κ2) is 7.93. The maximum atomic E-state index is 13.1. The van der Waals surface area contributed by atoms with Gasteiger partial charge in [0.1, 0.15) is 12.4 Å². The molecule has 1 heterocycles. The van der Waals surface area contributed by atoms with Crippen LogP contribution in [-0.4, -0.2) is 15.7 Å². The lowest BCUT2D eigenvalue weighted by molar-refractivity contribution is -0.117. The Labute approximate surface area is 165 Å². The van der Waals surface area contributed by atoms with E-state index in [-0.39, 0.29) is 12.4 Å². The molecule has 7 heteroatoms. The highest BCUT2D eigenvalue weighted by Gasteiger charge is 2.14. The molecule has 29 heavy (non-hydrogen) atoms. The maximum Gasteiger partial charge on any atom is 0.437 e. The number of amides is 1. The van der Waals surface area contributed by atoms with Gasteiger partial charge in [0.05, 0.1) is 0 Å². The Hall–Kier alpha value is -4.00. The van der Waals surface area contributed by atoms with Crippen LogP contribution in [-0.2, 0) is 11.3 Å². The lowest BCUT2D eigenvalue weighted by atomic mass is 10.0. The standard InChI is InChI=1S/C22H16FN3O3/c23-17-12-10-16(11-13-17)21-25-26(22(28)29-21)14-20(27)24-19-9-5-4-8-18(19)15-6-2-1-3-7-15/h1-13H,14H2,(H,24,27). The van der Waals surface area contributed by atoms with Crippen LogP contribution in [0, 0.1) is 5.82 Å². The number of carbonyl (C=O) groups is 1. The fraction of sp³-hybridized carbons (Fsp3) is 0.0455. The van der Waals surface area contributed by atoms with Gasteiger partial charge in [0.2, 0.25) is 11.8 Å². The normalized spacial score (nSPS) is 10.7. The van der Waals surface area contributed by atoms with Gasteiger partial charge in [-0.15, -0.1) is 5.10 Å². The van der Waals surface area contributed by atoms with E-state index in [1.54, 1.807) is 6.07 Å². The van der Waals surface area contributed by atoms with Crippen molar-refractivity contribution < 1.29 is 13.6 Å². The molecule has 4 rings (SSSR count). The molecule has 0 aliphatic heterocycles. The van der Waals surface area contributed by atoms with E-state index in [0.29, 0.717) is 11.3 Å². The van der Waals surface area contributed by atoms with Crippen LogP contribution in [0.25, 0.3) is 22.6 Å². The second-order valence-corrected chi connectivity index (χ2v) is 6.30. The van der Waals surface area contributed by atoms with Crippen molar-refractivity contribution in [2.75, 3.05) is 5.32 Å². The van der Waals surface area contributed by atoms with Gasteiger partial charge in [0.15, 0.2) is 0 Å². The molecule has 0 atom stereocenters. The number of halogens is 1. The zero-order valence-corrected chi connectivity index (χ0v) is 15.2. The SMILES string of the molecule is O=C(Cn1nc(-c2ccc(F)cc2)oc1=O)Nc1ccccc1-c1ccccc1. The van der Waals surface area contributed by atoms with E-state index < -0.39 is 17.5 Å². The van der Waals surface area contributed by atoms with Gasteiger partial charge in [-0.05, 0) is 35.9 Å². The highest BCUT2D eigenvalue weighted by atomic mass is 19.1. The molecule has 1 amide bonds. The number of carbonyl (C=O) groups excluding carboxylic acids is 1. The van der Waals surface area contributed by atoms with E-state index in [1.807, 2.05) is 48.5 Å². The van der Waals surface area contributed by atoms with Crippen LogP contribution in [0.3, 0.4) is 0 Å². The summed E-state index contributed by atoms with van der Waals surface area (Å²) in [5, 5.41) is 6.84. The summed E-state index contributed by atoms with van der Waals surface area (Å²) in [4.78, 5) is 24.5. The Morgan fingerprint density at radius 2 is 1.62 bits per heavy atom. The average Bonchev–Trinajstić information content (AvgIpc) is 3.09. The van der Waals surface area contributed by atoms with Crippen molar-refractivity contribution in [2.24, 2.45) is 0 Å². The summed E-state index contributed by atoms with van der Waals surface area (Å²) < 4.78 is 19.1. The van der Waals surface area contributed by atoms with Crippen molar-refractivity contribution in [1.29, 1.82) is 0 Å². The molecule has 0 bridgehead atoms. The molecule has 0 saturated carbocycles. The predicted octanol–water partition coefficient (Wildman–Crippen LogP) is 3.95. The van der Waals surface area contributed by atoms with E-state index in [0.717, 1.165) is 15.8 Å². The number of nitrogens with one attached hydrogen (secondary N) is 1. The molecule has 0 spiro atoms. The third-order valence-corrected chi connectivity index (χ3v) is 4.28. The smallest absolute Gasteiger partial charge is 0.388 e. The van der Waals surface area contributed by atoms with E-state index in [4.69, 9.17) is 4.42 Å². The van der Waals surface area contributed by atoms with Crippen molar-refractivity contribution in [3.63, 3.8) is 0 Å². The van der Waals surface area contributed by atoms with Crippen molar-refractivity contribution in [2.45, 2.75) is 6.54 Å². The molecule has 6 nitrogen and oxygen atoms in total. The topological polar surface area (TPSA) is 77.1 Å². The summed E-state index contributed by atoms with van der Waals surface area (Å²) in [5.74, 6) is -1.58. The molecular formula is C22H16FN3O3. The molecule has 0 radical (unpaired) electrons. The Bertz CT molecular complexity index is 1200. The van der Waals surface area contributed by atoms with E-state index >= 15 is 0 Å². The first-order valence-electron chi connectivity index (χ1n) is 8.88. The highest BCUT2D eigenvalue weighted by molar-refractivity contribution is 5.95. The van der Waals surface area contributed by atoms with Crippen molar-refractivity contribution in [3.05, 3.63) is 95.2 Å². The van der Waals surface area contributed by atoms with Crippen LogP contribution >= 0.6 is 0 Å². The minimum absolute atomic E-state index is 0.0208. The lowest BCUT2D eigenvalue weighted by Crippen LogP contribution is -2.26. The summed E-state index contributed by atoms with van der Waals surface area (Å²) in [6.07, 6.45) is 0. The summed E-state index contributed by atoms with van der Waals surface area (Å²) in [6, 6.07) is 22.4. The number of aromatic nitrogens is 2. The Balaban J connectivity index is 1.53. The number of nitrogens with zero attached hydrogens (tertiary/aromatic N) is 2. The second-order valence-electron chi connectivity index (χ2n) is 6.30. The summed E-state index contributed by atoms with van der Waals surface area (Å²) in [6.45, 7) is -0.313. The number of hydrogen-bond donors (Lipinski definition) is 1. The van der Waals surface area contributed by atoms with E-state index in [9.17, 15) is 14.0 Å². The number of rotatable bonds is 5. The van der Waals surface area contributed by atoms with Gasteiger partial charge in [0.25, 0.3) is 0 Å². The van der Waals surface area contributed by atoms with E-state index in [1.165, 1.54) is 24.3 Å². The van der Waals surface area contributed by atoms with Crippen LogP contribution < -0.4 is 11.1 Å². The van der Waals surface area contributed by atoms with Crippen LogP contribution in [0.1, 0.15) is 0 Å². The van der Waals surface area contributed by atoms with Crippen LogP contribution in [0.2, 0.25) is 0 Å². The average molecular weight is 389 g/mol. The third-order valence-electron chi connectivity index (χ3n) is 4.28. The first kappa shape index (κ1) is 18.4. The first-order valence-corrected chi connectivity index (χ1v) is 8.88. The largest absolute Gasteiger partial charge is 0.437 e. The molecule has 144 valence electrons. The molecule has 4 aromatic rings. The van der Waals surface area contributed by atoms with Crippen molar-refractivity contribution >= 4 is 11.6 Å². The predicted molar refractivity (Wildman–Crippen MR) is 107 cm³/mol. The van der Waals surface area contributed by atoms with Gasteiger partial charge in [-0.3, -0.25) is 4.79 Å². The monoisotopic (exact) mass is 389 g/mol. The number of para-hydroxylation sites is 1. The first-order chi connectivity index (χ1) is 14.1. The summed E-state index contributed by atoms with van der Waals surface area (Å²) in [5.41, 5.74) is 2.89. The molecule has 0 unspecified atom stereocenters. The molecule has 0 aliphatic carbocycles.